The summed E-state index contributed by atoms with van der Waals surface area (Å²) in [5, 5.41) is 26.0. The molecule has 1 rings (SSSR count). The smallest absolute Gasteiger partial charge is 0.423 e. The van der Waals surface area contributed by atoms with Gasteiger partial charge in [0.1, 0.15) is 0 Å². The molecule has 0 aliphatic rings. The zero-order chi connectivity index (χ0) is 8.27. The van der Waals surface area contributed by atoms with Gasteiger partial charge in [0.05, 0.1) is 6.61 Å². The molecule has 1 aromatic rings. The van der Waals surface area contributed by atoms with E-state index < -0.39 is 7.12 Å². The summed E-state index contributed by atoms with van der Waals surface area (Å²) in [6.07, 6.45) is 2.80. The number of aliphatic hydroxyl groups excluding tert-OH is 1. The van der Waals surface area contributed by atoms with Crippen molar-refractivity contribution in [2.24, 2.45) is 0 Å². The van der Waals surface area contributed by atoms with Crippen molar-refractivity contribution in [2.45, 2.75) is 6.61 Å². The van der Waals surface area contributed by atoms with Crippen molar-refractivity contribution < 1.29 is 15.2 Å². The van der Waals surface area contributed by atoms with E-state index in [1.165, 1.54) is 18.5 Å². The maximum Gasteiger partial charge on any atom is 0.490 e. The summed E-state index contributed by atoms with van der Waals surface area (Å²) in [6, 6.07) is 1.48. The lowest BCUT2D eigenvalue weighted by molar-refractivity contribution is 0.281. The number of aliphatic hydroxyl groups is 1. The highest BCUT2D eigenvalue weighted by Gasteiger charge is 2.10. The maximum atomic E-state index is 8.68. The first kappa shape index (κ1) is 8.19. The molecule has 0 aromatic carbocycles. The molecule has 0 fully saturated rings. The molecule has 0 saturated carbocycles. The molecule has 0 atom stereocenters. The summed E-state index contributed by atoms with van der Waals surface area (Å²) in [7, 11) is -1.52. The van der Waals surface area contributed by atoms with Crippen LogP contribution in [0.1, 0.15) is 5.56 Å². The van der Waals surface area contributed by atoms with Crippen LogP contribution in [0.4, 0.5) is 0 Å². The predicted molar refractivity (Wildman–Crippen MR) is 40.0 cm³/mol. The van der Waals surface area contributed by atoms with Crippen LogP contribution in [0.3, 0.4) is 0 Å². The van der Waals surface area contributed by atoms with Crippen LogP contribution in [0, 0.1) is 0 Å². The van der Waals surface area contributed by atoms with Crippen molar-refractivity contribution >= 4 is 12.6 Å². The van der Waals surface area contributed by atoms with Gasteiger partial charge in [0.2, 0.25) is 0 Å². The number of hydrogen-bond donors (Lipinski definition) is 3. The average molecular weight is 153 g/mol. The Balaban J connectivity index is 2.91. The SMILES string of the molecule is OCc1cncc(B(O)O)c1. The molecule has 1 aromatic heterocycles. The minimum atomic E-state index is -1.52. The third-order valence-corrected chi connectivity index (χ3v) is 1.30. The quantitative estimate of drug-likeness (QED) is 0.440. The second kappa shape index (κ2) is 3.48. The third-order valence-electron chi connectivity index (χ3n) is 1.30. The van der Waals surface area contributed by atoms with Crippen LogP contribution in [0.15, 0.2) is 18.5 Å². The molecule has 3 N–H and O–H groups in total. The first-order chi connectivity index (χ1) is 5.24. The molecule has 0 aliphatic carbocycles. The van der Waals surface area contributed by atoms with Crippen molar-refractivity contribution in [3.63, 3.8) is 0 Å². The minimum Gasteiger partial charge on any atom is -0.423 e. The fraction of sp³-hybridized carbons (Fsp3) is 0.167. The predicted octanol–water partition coefficient (Wildman–Crippen LogP) is -1.75. The second-order valence-electron chi connectivity index (χ2n) is 2.16. The molecule has 4 nitrogen and oxygen atoms in total. The second-order valence-corrected chi connectivity index (χ2v) is 2.16. The maximum absolute atomic E-state index is 8.68. The van der Waals surface area contributed by atoms with E-state index >= 15 is 0 Å². The van der Waals surface area contributed by atoms with Gasteiger partial charge in [0.15, 0.2) is 0 Å². The first-order valence-electron chi connectivity index (χ1n) is 3.15. The third kappa shape index (κ3) is 2.01. The van der Waals surface area contributed by atoms with E-state index in [0.717, 1.165) is 0 Å². The molecule has 0 unspecified atom stereocenters. The van der Waals surface area contributed by atoms with Crippen LogP contribution in [0.5, 0.6) is 0 Å². The van der Waals surface area contributed by atoms with Crippen molar-refractivity contribution in [2.75, 3.05) is 0 Å². The Labute approximate surface area is 64.3 Å². The lowest BCUT2D eigenvalue weighted by Gasteiger charge is -1.99. The highest BCUT2D eigenvalue weighted by Crippen LogP contribution is 1.92. The van der Waals surface area contributed by atoms with Gasteiger partial charge in [-0.2, -0.15) is 0 Å². The number of aromatic nitrogens is 1. The summed E-state index contributed by atoms with van der Waals surface area (Å²) in [6.45, 7) is -0.145. The number of nitrogens with zero attached hydrogens (tertiary/aromatic N) is 1. The van der Waals surface area contributed by atoms with Gasteiger partial charge >= 0.3 is 7.12 Å². The Bertz CT molecular complexity index is 241. The van der Waals surface area contributed by atoms with Gasteiger partial charge in [-0.05, 0) is 5.56 Å². The summed E-state index contributed by atoms with van der Waals surface area (Å²) in [5.74, 6) is 0. The Hall–Kier alpha value is -0.905. The molecule has 0 bridgehead atoms. The Morgan fingerprint density at radius 3 is 2.64 bits per heavy atom. The molecule has 58 valence electrons. The Morgan fingerprint density at radius 2 is 2.09 bits per heavy atom. The van der Waals surface area contributed by atoms with Gasteiger partial charge in [0, 0.05) is 17.9 Å². The largest absolute Gasteiger partial charge is 0.490 e. The zero-order valence-electron chi connectivity index (χ0n) is 5.81. The molecule has 5 heteroatoms. The minimum absolute atomic E-state index is 0.145. The number of hydrogen-bond acceptors (Lipinski definition) is 4. The fourth-order valence-corrected chi connectivity index (χ4v) is 0.735. The van der Waals surface area contributed by atoms with Crippen molar-refractivity contribution in [1.29, 1.82) is 0 Å². The zero-order valence-corrected chi connectivity index (χ0v) is 5.81. The molecule has 0 spiro atoms. The normalized spacial score (nSPS) is 9.73. The van der Waals surface area contributed by atoms with Crippen LogP contribution in [0.25, 0.3) is 0 Å². The molecule has 1 heterocycles. The topological polar surface area (TPSA) is 73.6 Å². The summed E-state index contributed by atoms with van der Waals surface area (Å²) >= 11 is 0. The average Bonchev–Trinajstić information content (AvgIpc) is 2.05. The highest BCUT2D eigenvalue weighted by atomic mass is 16.4. The first-order valence-corrected chi connectivity index (χ1v) is 3.15. The lowest BCUT2D eigenvalue weighted by atomic mass is 9.81. The number of rotatable bonds is 2. The van der Waals surface area contributed by atoms with Crippen LogP contribution in [-0.4, -0.2) is 27.3 Å². The van der Waals surface area contributed by atoms with Crippen LogP contribution in [0.2, 0.25) is 0 Å². The van der Waals surface area contributed by atoms with Gasteiger partial charge in [-0.15, -0.1) is 0 Å². The van der Waals surface area contributed by atoms with E-state index in [0.29, 0.717) is 5.56 Å². The van der Waals surface area contributed by atoms with Gasteiger partial charge < -0.3 is 15.2 Å². The lowest BCUT2D eigenvalue weighted by Crippen LogP contribution is -2.30. The molecule has 0 radical (unpaired) electrons. The van der Waals surface area contributed by atoms with Crippen molar-refractivity contribution in [3.05, 3.63) is 24.0 Å². The summed E-state index contributed by atoms with van der Waals surface area (Å²) < 4.78 is 0. The number of pyridine rings is 1. The van der Waals surface area contributed by atoms with E-state index in [9.17, 15) is 0 Å². The van der Waals surface area contributed by atoms with Gasteiger partial charge in [0.25, 0.3) is 0 Å². The van der Waals surface area contributed by atoms with E-state index in [-0.39, 0.29) is 12.1 Å². The van der Waals surface area contributed by atoms with Crippen LogP contribution < -0.4 is 5.46 Å². The summed E-state index contributed by atoms with van der Waals surface area (Å²) in [5.41, 5.74) is 0.854. The van der Waals surface area contributed by atoms with Crippen molar-refractivity contribution in [3.8, 4) is 0 Å². The van der Waals surface area contributed by atoms with Gasteiger partial charge in [-0.1, -0.05) is 6.07 Å². The van der Waals surface area contributed by atoms with E-state index in [1.54, 1.807) is 0 Å². The Morgan fingerprint density at radius 1 is 1.36 bits per heavy atom. The van der Waals surface area contributed by atoms with Crippen LogP contribution in [-0.2, 0) is 6.61 Å². The molecule has 0 aliphatic heterocycles. The molecule has 11 heavy (non-hydrogen) atoms. The molecular weight excluding hydrogens is 145 g/mol. The van der Waals surface area contributed by atoms with Gasteiger partial charge in [-0.25, -0.2) is 0 Å². The van der Waals surface area contributed by atoms with Crippen LogP contribution >= 0.6 is 0 Å². The van der Waals surface area contributed by atoms with Crippen molar-refractivity contribution in [1.82, 2.24) is 4.98 Å². The monoisotopic (exact) mass is 153 g/mol. The van der Waals surface area contributed by atoms with Gasteiger partial charge in [-0.3, -0.25) is 4.98 Å². The highest BCUT2D eigenvalue weighted by molar-refractivity contribution is 6.58. The molecular formula is C6H8BNO3. The Kier molecular flexibility index (Phi) is 2.59. The standard InChI is InChI=1S/C6H8BNO3/c9-4-5-1-6(7(10)11)3-8-2-5/h1-3,9-11H,4H2. The van der Waals surface area contributed by atoms with E-state index in [1.807, 2.05) is 0 Å². The molecule has 0 saturated heterocycles. The summed E-state index contributed by atoms with van der Waals surface area (Å²) in [4.78, 5) is 3.70. The molecule has 0 amide bonds. The van der Waals surface area contributed by atoms with E-state index in [4.69, 9.17) is 15.2 Å². The van der Waals surface area contributed by atoms with E-state index in [2.05, 4.69) is 4.98 Å². The fourth-order valence-electron chi connectivity index (χ4n) is 0.735.